The van der Waals surface area contributed by atoms with E-state index in [1.807, 2.05) is 43.3 Å². The highest BCUT2D eigenvalue weighted by Crippen LogP contribution is 2.55. The van der Waals surface area contributed by atoms with Crippen molar-refractivity contribution < 1.29 is 19.0 Å². The predicted molar refractivity (Wildman–Crippen MR) is 140 cm³/mol. The van der Waals surface area contributed by atoms with Gasteiger partial charge in [-0.3, -0.25) is 4.79 Å². The first-order valence-electron chi connectivity index (χ1n) is 11.4. The first kappa shape index (κ1) is 25.2. The number of anilines is 1. The van der Waals surface area contributed by atoms with Gasteiger partial charge in [0.15, 0.2) is 11.5 Å². The molecule has 3 aromatic carbocycles. The number of rotatable bonds is 6. The summed E-state index contributed by atoms with van der Waals surface area (Å²) in [5.41, 5.74) is 4.15. The largest absolute Gasteiger partial charge is 0.493 e. The van der Waals surface area contributed by atoms with Crippen molar-refractivity contribution >= 4 is 34.9 Å². The molecule has 0 amide bonds. The van der Waals surface area contributed by atoms with Gasteiger partial charge in [-0.1, -0.05) is 72.9 Å². The minimum atomic E-state index is -0.519. The summed E-state index contributed by atoms with van der Waals surface area (Å²) in [4.78, 5) is 12.1. The van der Waals surface area contributed by atoms with Gasteiger partial charge in [0.05, 0.1) is 13.2 Å². The molecule has 5 nitrogen and oxygen atoms in total. The highest BCUT2D eigenvalue weighted by atomic mass is 35.5. The van der Waals surface area contributed by atoms with Crippen LogP contribution in [-0.2, 0) is 16.1 Å². The Kier molecular flexibility index (Phi) is 7.20. The third-order valence-corrected chi connectivity index (χ3v) is 7.01. The number of halogens is 2. The standard InChI is InChI=1S/C28H29Cl2NO4/c1-16-9-12-23-21(13-16)27(35-17(2)32)28(3,4)26(31-23)20-7-6-8-24(33-5)25(20)34-15-18-10-11-19(29)14-22(18)30/h6-14,26-27,31H,15H2,1-5H3/t26-,27+/m0/s1. The van der Waals surface area contributed by atoms with E-state index < -0.39 is 11.5 Å². The lowest BCUT2D eigenvalue weighted by atomic mass is 9.70. The quantitative estimate of drug-likeness (QED) is 0.342. The van der Waals surface area contributed by atoms with Gasteiger partial charge in [-0.25, -0.2) is 0 Å². The summed E-state index contributed by atoms with van der Waals surface area (Å²) < 4.78 is 17.9. The van der Waals surface area contributed by atoms with E-state index in [1.165, 1.54) is 6.92 Å². The summed E-state index contributed by atoms with van der Waals surface area (Å²) in [6.45, 7) is 7.88. The summed E-state index contributed by atoms with van der Waals surface area (Å²) in [5, 5.41) is 4.77. The molecule has 1 aliphatic rings. The minimum Gasteiger partial charge on any atom is -0.493 e. The summed E-state index contributed by atoms with van der Waals surface area (Å²) in [6, 6.07) is 17.0. The lowest BCUT2D eigenvalue weighted by Crippen LogP contribution is -2.40. The first-order valence-corrected chi connectivity index (χ1v) is 12.2. The van der Waals surface area contributed by atoms with Gasteiger partial charge in [-0.15, -0.1) is 0 Å². The molecule has 0 spiro atoms. The molecule has 35 heavy (non-hydrogen) atoms. The maximum absolute atomic E-state index is 12.1. The van der Waals surface area contributed by atoms with Crippen LogP contribution >= 0.6 is 23.2 Å². The van der Waals surface area contributed by atoms with Crippen LogP contribution in [0, 0.1) is 12.3 Å². The molecule has 184 valence electrons. The first-order chi connectivity index (χ1) is 16.6. The molecule has 0 aliphatic carbocycles. The molecule has 7 heteroatoms. The van der Waals surface area contributed by atoms with Gasteiger partial charge in [-0.05, 0) is 31.2 Å². The number of carbonyl (C=O) groups excluding carboxylic acids is 1. The van der Waals surface area contributed by atoms with E-state index in [2.05, 4.69) is 25.2 Å². The second kappa shape index (κ2) is 10.00. The lowest BCUT2D eigenvalue weighted by Gasteiger charge is -2.46. The van der Waals surface area contributed by atoms with E-state index in [-0.39, 0.29) is 18.6 Å². The number of ether oxygens (including phenoxy) is 3. The van der Waals surface area contributed by atoms with Gasteiger partial charge >= 0.3 is 5.97 Å². The summed E-state index contributed by atoms with van der Waals surface area (Å²) in [7, 11) is 1.61. The lowest BCUT2D eigenvalue weighted by molar-refractivity contribution is -0.154. The number of benzene rings is 3. The number of esters is 1. The van der Waals surface area contributed by atoms with Gasteiger partial charge in [0.25, 0.3) is 0 Å². The van der Waals surface area contributed by atoms with E-state index in [9.17, 15) is 4.79 Å². The second-order valence-electron chi connectivity index (χ2n) is 9.38. The molecule has 0 saturated carbocycles. The number of methoxy groups -OCH3 is 1. The molecule has 1 heterocycles. The number of aryl methyl sites for hydroxylation is 1. The fraction of sp³-hybridized carbons (Fsp3) is 0.321. The molecule has 0 aromatic heterocycles. The van der Waals surface area contributed by atoms with Gasteiger partial charge in [0, 0.05) is 44.8 Å². The highest BCUT2D eigenvalue weighted by molar-refractivity contribution is 6.35. The molecular weight excluding hydrogens is 485 g/mol. The summed E-state index contributed by atoms with van der Waals surface area (Å²) >= 11 is 12.4. The number of hydrogen-bond donors (Lipinski definition) is 1. The third-order valence-electron chi connectivity index (χ3n) is 6.42. The fourth-order valence-electron chi connectivity index (χ4n) is 4.65. The molecule has 0 fully saturated rings. The van der Waals surface area contributed by atoms with Crippen LogP contribution in [0.15, 0.2) is 54.6 Å². The molecule has 0 saturated heterocycles. The van der Waals surface area contributed by atoms with Crippen molar-refractivity contribution in [1.82, 2.24) is 0 Å². The van der Waals surface area contributed by atoms with Crippen molar-refractivity contribution in [2.24, 2.45) is 5.41 Å². The third kappa shape index (κ3) is 5.07. The fourth-order valence-corrected chi connectivity index (χ4v) is 5.11. The van der Waals surface area contributed by atoms with Crippen molar-refractivity contribution in [2.45, 2.75) is 46.4 Å². The molecule has 1 aliphatic heterocycles. The van der Waals surface area contributed by atoms with E-state index in [0.29, 0.717) is 21.5 Å². The van der Waals surface area contributed by atoms with Crippen molar-refractivity contribution in [2.75, 3.05) is 12.4 Å². The Labute approximate surface area is 216 Å². The average molecular weight is 514 g/mol. The monoisotopic (exact) mass is 513 g/mol. The van der Waals surface area contributed by atoms with Crippen LogP contribution in [-0.4, -0.2) is 13.1 Å². The van der Waals surface area contributed by atoms with Crippen LogP contribution in [0.3, 0.4) is 0 Å². The smallest absolute Gasteiger partial charge is 0.303 e. The Morgan fingerprint density at radius 1 is 1.06 bits per heavy atom. The molecule has 3 aromatic rings. The minimum absolute atomic E-state index is 0.236. The van der Waals surface area contributed by atoms with E-state index in [1.54, 1.807) is 19.2 Å². The number of carbonyl (C=O) groups is 1. The molecule has 0 unspecified atom stereocenters. The molecule has 4 rings (SSSR count). The zero-order valence-electron chi connectivity index (χ0n) is 20.4. The van der Waals surface area contributed by atoms with Gasteiger partial charge in [-0.2, -0.15) is 0 Å². The molecular formula is C28H29Cl2NO4. The van der Waals surface area contributed by atoms with Crippen molar-refractivity contribution in [3.8, 4) is 11.5 Å². The zero-order valence-corrected chi connectivity index (χ0v) is 22.0. The van der Waals surface area contributed by atoms with E-state index >= 15 is 0 Å². The Bertz CT molecular complexity index is 1260. The molecule has 0 bridgehead atoms. The van der Waals surface area contributed by atoms with Crippen LogP contribution in [0.25, 0.3) is 0 Å². The number of para-hydroxylation sites is 1. The average Bonchev–Trinajstić information content (AvgIpc) is 2.80. The van der Waals surface area contributed by atoms with Gasteiger partial charge in [0.1, 0.15) is 12.7 Å². The zero-order chi connectivity index (χ0) is 25.3. The van der Waals surface area contributed by atoms with Crippen LogP contribution < -0.4 is 14.8 Å². The number of fused-ring (bicyclic) bond motifs is 1. The molecule has 0 radical (unpaired) electrons. The van der Waals surface area contributed by atoms with Crippen molar-refractivity contribution in [1.29, 1.82) is 0 Å². The maximum Gasteiger partial charge on any atom is 0.303 e. The number of hydrogen-bond acceptors (Lipinski definition) is 5. The van der Waals surface area contributed by atoms with E-state index in [4.69, 9.17) is 37.4 Å². The number of nitrogens with one attached hydrogen (secondary N) is 1. The SMILES string of the molecule is COc1cccc([C@@H]2Nc3ccc(C)cc3[C@@H](OC(C)=O)C2(C)C)c1OCc1ccc(Cl)cc1Cl. The Morgan fingerprint density at radius 3 is 2.51 bits per heavy atom. The second-order valence-corrected chi connectivity index (χ2v) is 10.2. The van der Waals surface area contributed by atoms with Crippen molar-refractivity contribution in [3.05, 3.63) is 86.9 Å². The Hall–Kier alpha value is -2.89. The van der Waals surface area contributed by atoms with Crippen LogP contribution in [0.1, 0.15) is 55.2 Å². The Balaban J connectivity index is 1.78. The topological polar surface area (TPSA) is 56.8 Å². The van der Waals surface area contributed by atoms with Gasteiger partial charge < -0.3 is 19.5 Å². The van der Waals surface area contributed by atoms with Gasteiger partial charge in [0.2, 0.25) is 0 Å². The summed E-state index contributed by atoms with van der Waals surface area (Å²) in [5.74, 6) is 0.878. The molecule has 2 atom stereocenters. The summed E-state index contributed by atoms with van der Waals surface area (Å²) in [6.07, 6.45) is -0.453. The maximum atomic E-state index is 12.1. The van der Waals surface area contributed by atoms with E-state index in [0.717, 1.165) is 27.9 Å². The normalized spacial score (nSPS) is 18.3. The van der Waals surface area contributed by atoms with Crippen LogP contribution in [0.4, 0.5) is 5.69 Å². The molecule has 1 N–H and O–H groups in total. The van der Waals surface area contributed by atoms with Crippen molar-refractivity contribution in [3.63, 3.8) is 0 Å². The highest BCUT2D eigenvalue weighted by Gasteiger charge is 2.47. The van der Waals surface area contributed by atoms with Crippen LogP contribution in [0.2, 0.25) is 10.0 Å². The van der Waals surface area contributed by atoms with Crippen LogP contribution in [0.5, 0.6) is 11.5 Å². The predicted octanol–water partition coefficient (Wildman–Crippen LogP) is 7.69. The Morgan fingerprint density at radius 2 is 1.83 bits per heavy atom.